The Morgan fingerprint density at radius 2 is 2.30 bits per heavy atom. The van der Waals surface area contributed by atoms with E-state index >= 15 is 0 Å². The maximum absolute atomic E-state index is 11.8. The fourth-order valence-electron chi connectivity index (χ4n) is 2.28. The average molecular weight is 287 g/mol. The lowest BCUT2D eigenvalue weighted by atomic mass is 9.96. The van der Waals surface area contributed by atoms with Crippen LogP contribution in [0.5, 0.6) is 0 Å². The summed E-state index contributed by atoms with van der Waals surface area (Å²) < 4.78 is 11.8. The lowest BCUT2D eigenvalue weighted by Gasteiger charge is -2.28. The zero-order valence-electron chi connectivity index (χ0n) is 10.9. The summed E-state index contributed by atoms with van der Waals surface area (Å²) in [7, 11) is 1.34. The van der Waals surface area contributed by atoms with Crippen LogP contribution in [0.3, 0.4) is 0 Å². The molecule has 1 fully saturated rings. The minimum absolute atomic E-state index is 0.154. The van der Waals surface area contributed by atoms with Crippen molar-refractivity contribution in [2.24, 2.45) is 5.73 Å². The Morgan fingerprint density at radius 3 is 2.80 bits per heavy atom. The molecular formula is C11H17N3O6. The molecule has 1 aromatic rings. The van der Waals surface area contributed by atoms with E-state index in [9.17, 15) is 19.8 Å². The number of aliphatic hydroxyl groups excluding tert-OH is 2. The Bertz CT molecular complexity index is 578. The monoisotopic (exact) mass is 287 g/mol. The number of nitrogens with one attached hydrogen (secondary N) is 1. The highest BCUT2D eigenvalue weighted by Gasteiger charge is 2.55. The third-order valence-corrected chi connectivity index (χ3v) is 3.50. The van der Waals surface area contributed by atoms with Crippen LogP contribution < -0.4 is 17.0 Å². The molecule has 0 saturated carbocycles. The predicted molar refractivity (Wildman–Crippen MR) is 67.1 cm³/mol. The standard InChI is InChI=1S/C11H17N3O6/c1-19-7-8(17)11(4-12,5-15)20-9(7)14-3-2-6(16)13-10(14)18/h2-3,7-9,15,17H,4-5,12H2,1H3,(H,13,16,18)/t7-,8+,9-,11-/m1/s1. The molecule has 20 heavy (non-hydrogen) atoms. The van der Waals surface area contributed by atoms with Gasteiger partial charge >= 0.3 is 5.69 Å². The number of H-pyrrole nitrogens is 1. The average Bonchev–Trinajstić information content (AvgIpc) is 2.71. The van der Waals surface area contributed by atoms with Gasteiger partial charge in [-0.05, 0) is 0 Å². The number of nitrogens with two attached hydrogens (primary N) is 1. The molecule has 0 aliphatic carbocycles. The van der Waals surface area contributed by atoms with E-state index in [2.05, 4.69) is 4.98 Å². The highest BCUT2D eigenvalue weighted by molar-refractivity contribution is 5.03. The van der Waals surface area contributed by atoms with E-state index < -0.39 is 41.9 Å². The van der Waals surface area contributed by atoms with Crippen molar-refractivity contribution in [1.29, 1.82) is 0 Å². The fourth-order valence-corrected chi connectivity index (χ4v) is 2.28. The Kier molecular flexibility index (Phi) is 4.06. The van der Waals surface area contributed by atoms with Crippen molar-refractivity contribution in [2.75, 3.05) is 20.3 Å². The van der Waals surface area contributed by atoms with Gasteiger partial charge in [0.15, 0.2) is 6.23 Å². The van der Waals surface area contributed by atoms with E-state index in [-0.39, 0.29) is 6.54 Å². The molecule has 9 heteroatoms. The molecule has 0 radical (unpaired) electrons. The van der Waals surface area contributed by atoms with Crippen LogP contribution in [-0.2, 0) is 9.47 Å². The summed E-state index contributed by atoms with van der Waals surface area (Å²) in [6.45, 7) is -0.682. The molecule has 112 valence electrons. The van der Waals surface area contributed by atoms with Gasteiger partial charge < -0.3 is 25.4 Å². The van der Waals surface area contributed by atoms with Crippen molar-refractivity contribution in [3.05, 3.63) is 33.1 Å². The highest BCUT2D eigenvalue weighted by atomic mass is 16.6. The molecule has 0 amide bonds. The molecule has 0 spiro atoms. The van der Waals surface area contributed by atoms with E-state index in [1.54, 1.807) is 0 Å². The first-order chi connectivity index (χ1) is 9.49. The van der Waals surface area contributed by atoms with Crippen molar-refractivity contribution in [3.63, 3.8) is 0 Å². The number of methoxy groups -OCH3 is 1. The van der Waals surface area contributed by atoms with Gasteiger partial charge in [0, 0.05) is 25.9 Å². The second-order valence-electron chi connectivity index (χ2n) is 4.60. The van der Waals surface area contributed by atoms with E-state index in [0.29, 0.717) is 0 Å². The van der Waals surface area contributed by atoms with Gasteiger partial charge in [-0.3, -0.25) is 14.3 Å². The van der Waals surface area contributed by atoms with Crippen molar-refractivity contribution < 1.29 is 19.7 Å². The maximum atomic E-state index is 11.8. The highest BCUT2D eigenvalue weighted by Crippen LogP contribution is 2.37. The molecule has 2 heterocycles. The van der Waals surface area contributed by atoms with Gasteiger partial charge in [0.1, 0.15) is 17.8 Å². The van der Waals surface area contributed by atoms with Crippen LogP contribution in [0.25, 0.3) is 0 Å². The van der Waals surface area contributed by atoms with Crippen LogP contribution in [0.2, 0.25) is 0 Å². The molecule has 0 bridgehead atoms. The maximum Gasteiger partial charge on any atom is 0.330 e. The summed E-state index contributed by atoms with van der Waals surface area (Å²) >= 11 is 0. The molecule has 4 atom stereocenters. The molecule has 1 aromatic heterocycles. The summed E-state index contributed by atoms with van der Waals surface area (Å²) in [6, 6.07) is 1.14. The van der Waals surface area contributed by atoms with Gasteiger partial charge in [-0.1, -0.05) is 0 Å². The number of nitrogens with zero attached hydrogens (tertiary/aromatic N) is 1. The summed E-state index contributed by atoms with van der Waals surface area (Å²) in [5, 5.41) is 19.6. The van der Waals surface area contributed by atoms with Gasteiger partial charge in [-0.25, -0.2) is 4.79 Å². The first-order valence-corrected chi connectivity index (χ1v) is 6.00. The van der Waals surface area contributed by atoms with E-state index in [0.717, 1.165) is 10.6 Å². The van der Waals surface area contributed by atoms with Gasteiger partial charge in [0.2, 0.25) is 0 Å². The summed E-state index contributed by atoms with van der Waals surface area (Å²) in [5.74, 6) is 0. The van der Waals surface area contributed by atoms with E-state index in [1.165, 1.54) is 13.3 Å². The van der Waals surface area contributed by atoms with Gasteiger partial charge in [-0.15, -0.1) is 0 Å². The summed E-state index contributed by atoms with van der Waals surface area (Å²) in [4.78, 5) is 24.9. The summed E-state index contributed by atoms with van der Waals surface area (Å²) in [5.41, 5.74) is 2.87. The Morgan fingerprint density at radius 1 is 1.60 bits per heavy atom. The van der Waals surface area contributed by atoms with Gasteiger partial charge in [0.05, 0.1) is 6.61 Å². The zero-order chi connectivity index (χ0) is 14.9. The lowest BCUT2D eigenvalue weighted by molar-refractivity contribution is -0.123. The first kappa shape index (κ1) is 14.9. The number of hydrogen-bond donors (Lipinski definition) is 4. The number of aromatic nitrogens is 2. The van der Waals surface area contributed by atoms with Gasteiger partial charge in [-0.2, -0.15) is 0 Å². The third-order valence-electron chi connectivity index (χ3n) is 3.50. The second-order valence-corrected chi connectivity index (χ2v) is 4.60. The van der Waals surface area contributed by atoms with Crippen LogP contribution in [0.15, 0.2) is 21.9 Å². The van der Waals surface area contributed by atoms with Crippen molar-refractivity contribution in [2.45, 2.75) is 24.0 Å². The zero-order valence-corrected chi connectivity index (χ0v) is 10.9. The normalized spacial score (nSPS) is 33.5. The number of aliphatic hydroxyl groups is 2. The SMILES string of the molecule is CO[C@H]1[C@H](n2ccc(=O)[nH]c2=O)O[C@](CN)(CO)[C@H]1O. The predicted octanol–water partition coefficient (Wildman–Crippen LogP) is -2.87. The Balaban J connectivity index is 2.46. The van der Waals surface area contributed by atoms with Crippen LogP contribution >= 0.6 is 0 Å². The van der Waals surface area contributed by atoms with Crippen molar-refractivity contribution in [3.8, 4) is 0 Å². The number of hydrogen-bond acceptors (Lipinski definition) is 7. The Hall–Kier alpha value is -1.52. The van der Waals surface area contributed by atoms with Crippen LogP contribution in [0, 0.1) is 0 Å². The number of ether oxygens (including phenoxy) is 2. The molecule has 2 rings (SSSR count). The molecule has 1 saturated heterocycles. The minimum atomic E-state index is -1.42. The van der Waals surface area contributed by atoms with Crippen LogP contribution in [0.1, 0.15) is 6.23 Å². The molecule has 0 unspecified atom stereocenters. The van der Waals surface area contributed by atoms with E-state index in [4.69, 9.17) is 15.2 Å². The largest absolute Gasteiger partial charge is 0.393 e. The van der Waals surface area contributed by atoms with Gasteiger partial charge in [0.25, 0.3) is 5.56 Å². The van der Waals surface area contributed by atoms with E-state index in [1.807, 2.05) is 0 Å². The molecule has 1 aliphatic heterocycles. The smallest absolute Gasteiger partial charge is 0.330 e. The lowest BCUT2D eigenvalue weighted by Crippen LogP contribution is -2.52. The second kappa shape index (κ2) is 5.46. The molecule has 9 nitrogen and oxygen atoms in total. The molecule has 5 N–H and O–H groups in total. The Labute approximate surface area is 113 Å². The van der Waals surface area contributed by atoms with Crippen molar-refractivity contribution >= 4 is 0 Å². The third kappa shape index (κ3) is 2.19. The number of aromatic amines is 1. The van der Waals surface area contributed by atoms with Crippen molar-refractivity contribution in [1.82, 2.24) is 9.55 Å². The number of rotatable bonds is 4. The van der Waals surface area contributed by atoms with Crippen LogP contribution in [0.4, 0.5) is 0 Å². The molecular weight excluding hydrogens is 270 g/mol. The molecule has 1 aliphatic rings. The first-order valence-electron chi connectivity index (χ1n) is 6.00. The topological polar surface area (TPSA) is 140 Å². The fraction of sp³-hybridized carbons (Fsp3) is 0.636. The summed E-state index contributed by atoms with van der Waals surface area (Å²) in [6.07, 6.45) is -1.90. The minimum Gasteiger partial charge on any atom is -0.393 e. The van der Waals surface area contributed by atoms with Crippen LogP contribution in [-0.4, -0.2) is 57.8 Å². The quantitative estimate of drug-likeness (QED) is 0.466. The molecule has 0 aromatic carbocycles.